The predicted molar refractivity (Wildman–Crippen MR) is 108 cm³/mol. The molecule has 0 saturated carbocycles. The van der Waals surface area contributed by atoms with Gasteiger partial charge in [-0.25, -0.2) is 13.4 Å². The zero-order valence-corrected chi connectivity index (χ0v) is 17.8. The van der Waals surface area contributed by atoms with Gasteiger partial charge in [0.2, 0.25) is 15.0 Å². The van der Waals surface area contributed by atoms with Gasteiger partial charge >= 0.3 is 0 Å². The number of imidazole rings is 1. The first-order valence-corrected chi connectivity index (χ1v) is 11.0. The molecule has 11 heteroatoms. The van der Waals surface area contributed by atoms with E-state index >= 15 is 0 Å². The summed E-state index contributed by atoms with van der Waals surface area (Å²) in [6.45, 7) is 1.52. The molecule has 152 valence electrons. The average molecular weight is 481 g/mol. The number of fused-ring (bicyclic) bond motifs is 1. The van der Waals surface area contributed by atoms with E-state index in [1.165, 1.54) is 17.5 Å². The molecule has 1 aromatic carbocycles. The molecule has 0 aliphatic carbocycles. The van der Waals surface area contributed by atoms with Crippen LogP contribution < -0.4 is 15.6 Å². The van der Waals surface area contributed by atoms with Crippen molar-refractivity contribution in [2.45, 2.75) is 18.2 Å². The third-order valence-corrected chi connectivity index (χ3v) is 5.28. The van der Waals surface area contributed by atoms with Gasteiger partial charge in [0.25, 0.3) is 11.8 Å². The number of hydrazine groups is 1. The van der Waals surface area contributed by atoms with Gasteiger partial charge in [0.15, 0.2) is 11.8 Å². The summed E-state index contributed by atoms with van der Waals surface area (Å²) in [5, 5.41) is -0.268. The topological polar surface area (TPSA) is 119 Å². The summed E-state index contributed by atoms with van der Waals surface area (Å²) in [4.78, 5) is 28.6. The zero-order valence-electron chi connectivity index (χ0n) is 15.4. The number of carbonyl (C=O) groups is 2. The minimum Gasteiger partial charge on any atom is -0.481 e. The Hall–Kier alpha value is -2.92. The van der Waals surface area contributed by atoms with Crippen molar-refractivity contribution >= 4 is 43.1 Å². The minimum atomic E-state index is -3.66. The molecule has 0 saturated heterocycles. The van der Waals surface area contributed by atoms with Crippen LogP contribution in [0.25, 0.3) is 5.52 Å². The Morgan fingerprint density at radius 1 is 1.17 bits per heavy atom. The summed E-state index contributed by atoms with van der Waals surface area (Å²) in [5.41, 5.74) is 4.65. The number of carbonyl (C=O) groups excluding carboxylic acids is 2. The Kier molecular flexibility index (Phi) is 5.89. The van der Waals surface area contributed by atoms with Crippen molar-refractivity contribution in [2.75, 3.05) is 6.26 Å². The largest absolute Gasteiger partial charge is 0.481 e. The van der Waals surface area contributed by atoms with Gasteiger partial charge in [0, 0.05) is 16.9 Å². The number of nitrogens with zero attached hydrogens (tertiary/aromatic N) is 2. The van der Waals surface area contributed by atoms with Crippen LogP contribution in [0.4, 0.5) is 0 Å². The van der Waals surface area contributed by atoms with Crippen LogP contribution in [0.2, 0.25) is 0 Å². The molecule has 0 spiro atoms. The number of ether oxygens (including phenoxy) is 1. The fraction of sp³-hybridized carbons (Fsp3) is 0.167. The van der Waals surface area contributed by atoms with Gasteiger partial charge < -0.3 is 4.74 Å². The highest BCUT2D eigenvalue weighted by Crippen LogP contribution is 2.19. The molecule has 0 radical (unpaired) electrons. The van der Waals surface area contributed by atoms with Gasteiger partial charge in [-0.1, -0.05) is 28.1 Å². The molecule has 2 aromatic heterocycles. The second-order valence-electron chi connectivity index (χ2n) is 6.13. The monoisotopic (exact) mass is 480 g/mol. The Balaban J connectivity index is 1.72. The van der Waals surface area contributed by atoms with Crippen molar-refractivity contribution < 1.29 is 22.7 Å². The molecule has 0 bridgehead atoms. The lowest BCUT2D eigenvalue weighted by Crippen LogP contribution is -2.47. The minimum absolute atomic E-state index is 0.133. The first kappa shape index (κ1) is 20.8. The van der Waals surface area contributed by atoms with Crippen LogP contribution in [0.15, 0.2) is 58.3 Å². The normalized spacial score (nSPS) is 12.4. The molecule has 2 heterocycles. The summed E-state index contributed by atoms with van der Waals surface area (Å²) < 4.78 is 31.5. The average Bonchev–Trinajstić information content (AvgIpc) is 3.06. The molecule has 0 fully saturated rings. The molecule has 3 aromatic rings. The fourth-order valence-corrected chi connectivity index (χ4v) is 3.67. The SMILES string of the molecule is CC(Oc1cccc(Br)c1)C(=O)NNC(=O)c1nc(S(C)(=O)=O)n2ccccc12. The molecule has 1 unspecified atom stereocenters. The third kappa shape index (κ3) is 4.74. The lowest BCUT2D eigenvalue weighted by Gasteiger charge is -2.15. The number of rotatable bonds is 5. The molecule has 2 N–H and O–H groups in total. The van der Waals surface area contributed by atoms with E-state index in [-0.39, 0.29) is 16.4 Å². The van der Waals surface area contributed by atoms with E-state index in [0.717, 1.165) is 10.7 Å². The number of pyridine rings is 1. The smallest absolute Gasteiger partial charge is 0.290 e. The van der Waals surface area contributed by atoms with Crippen molar-refractivity contribution in [2.24, 2.45) is 0 Å². The van der Waals surface area contributed by atoms with Crippen molar-refractivity contribution in [3.05, 3.63) is 58.8 Å². The second kappa shape index (κ2) is 8.21. The standard InChI is InChI=1S/C18H17BrN4O5S/c1-11(28-13-7-5-6-12(19)10-13)16(24)21-22-17(25)15-14-8-3-4-9-23(14)18(20-15)29(2,26)27/h3-11H,1-2H3,(H,21,24)(H,22,25). The number of halogens is 1. The summed E-state index contributed by atoms with van der Waals surface area (Å²) >= 11 is 3.31. The van der Waals surface area contributed by atoms with Crippen LogP contribution >= 0.6 is 15.9 Å². The summed E-state index contributed by atoms with van der Waals surface area (Å²) in [5.74, 6) is -0.872. The Morgan fingerprint density at radius 3 is 2.62 bits per heavy atom. The maximum absolute atomic E-state index is 12.5. The van der Waals surface area contributed by atoms with E-state index in [1.54, 1.807) is 36.4 Å². The van der Waals surface area contributed by atoms with Crippen molar-refractivity contribution in [3.63, 3.8) is 0 Å². The zero-order chi connectivity index (χ0) is 21.2. The van der Waals surface area contributed by atoms with Gasteiger partial charge in [-0.05, 0) is 37.3 Å². The van der Waals surface area contributed by atoms with Crippen molar-refractivity contribution in [3.8, 4) is 5.75 Å². The molecule has 9 nitrogen and oxygen atoms in total. The third-order valence-electron chi connectivity index (χ3n) is 3.84. The predicted octanol–water partition coefficient (Wildman–Crippen LogP) is 1.73. The molecule has 1 atom stereocenters. The van der Waals surface area contributed by atoms with Gasteiger partial charge in [-0.3, -0.25) is 24.8 Å². The summed E-state index contributed by atoms with van der Waals surface area (Å²) in [6, 6.07) is 11.8. The number of hydrogen-bond donors (Lipinski definition) is 2. The van der Waals surface area contributed by atoms with Crippen LogP contribution in [0, 0.1) is 0 Å². The van der Waals surface area contributed by atoms with E-state index < -0.39 is 27.8 Å². The van der Waals surface area contributed by atoms with Gasteiger partial charge in [0.05, 0.1) is 5.52 Å². The maximum atomic E-state index is 12.5. The first-order valence-electron chi connectivity index (χ1n) is 8.36. The molecule has 0 aliphatic heterocycles. The van der Waals surface area contributed by atoms with E-state index in [4.69, 9.17) is 4.74 Å². The molecule has 3 rings (SSSR count). The lowest BCUT2D eigenvalue weighted by atomic mass is 10.3. The Labute approximate surface area is 175 Å². The summed E-state index contributed by atoms with van der Waals surface area (Å²) in [6.07, 6.45) is 1.59. The lowest BCUT2D eigenvalue weighted by molar-refractivity contribution is -0.128. The van der Waals surface area contributed by atoms with E-state index in [9.17, 15) is 18.0 Å². The van der Waals surface area contributed by atoms with Crippen molar-refractivity contribution in [1.82, 2.24) is 20.2 Å². The number of amides is 2. The first-order chi connectivity index (χ1) is 13.7. The maximum Gasteiger partial charge on any atom is 0.290 e. The Bertz CT molecular complexity index is 1190. The highest BCUT2D eigenvalue weighted by molar-refractivity contribution is 9.10. The van der Waals surface area contributed by atoms with Crippen LogP contribution in [0.5, 0.6) is 5.75 Å². The van der Waals surface area contributed by atoms with E-state index in [0.29, 0.717) is 5.75 Å². The highest BCUT2D eigenvalue weighted by atomic mass is 79.9. The van der Waals surface area contributed by atoms with Crippen LogP contribution in [-0.2, 0) is 14.6 Å². The number of nitrogens with one attached hydrogen (secondary N) is 2. The quantitative estimate of drug-likeness (QED) is 0.536. The number of hydrogen-bond acceptors (Lipinski definition) is 6. The number of benzene rings is 1. The number of aromatic nitrogens is 2. The van der Waals surface area contributed by atoms with E-state index in [1.807, 2.05) is 6.07 Å². The Morgan fingerprint density at radius 2 is 1.93 bits per heavy atom. The van der Waals surface area contributed by atoms with Gasteiger partial charge in [-0.15, -0.1) is 0 Å². The summed E-state index contributed by atoms with van der Waals surface area (Å²) in [7, 11) is -3.66. The second-order valence-corrected chi connectivity index (χ2v) is 8.96. The molecular formula is C18H17BrN4O5S. The molecule has 0 aliphatic rings. The van der Waals surface area contributed by atoms with Gasteiger partial charge in [0.1, 0.15) is 5.75 Å². The van der Waals surface area contributed by atoms with Crippen LogP contribution in [0.3, 0.4) is 0 Å². The molecular weight excluding hydrogens is 464 g/mol. The van der Waals surface area contributed by atoms with Crippen LogP contribution in [0.1, 0.15) is 17.4 Å². The van der Waals surface area contributed by atoms with Crippen LogP contribution in [-0.4, -0.2) is 42.0 Å². The van der Waals surface area contributed by atoms with Crippen molar-refractivity contribution in [1.29, 1.82) is 0 Å². The van der Waals surface area contributed by atoms with E-state index in [2.05, 4.69) is 31.8 Å². The highest BCUT2D eigenvalue weighted by Gasteiger charge is 2.23. The molecule has 29 heavy (non-hydrogen) atoms. The van der Waals surface area contributed by atoms with Gasteiger partial charge in [-0.2, -0.15) is 0 Å². The molecule has 2 amide bonds. The number of sulfone groups is 1. The fourth-order valence-electron chi connectivity index (χ4n) is 2.52.